The number of imide groups is 1. The maximum absolute atomic E-state index is 12.5. The van der Waals surface area contributed by atoms with Crippen LogP contribution in [0.2, 0.25) is 0 Å². The van der Waals surface area contributed by atoms with Gasteiger partial charge in [-0.05, 0) is 12.5 Å². The molecule has 0 aliphatic carbocycles. The van der Waals surface area contributed by atoms with E-state index in [9.17, 15) is 39.6 Å². The number of rotatable bonds is 6. The first-order valence-corrected chi connectivity index (χ1v) is 7.67. The Morgan fingerprint density at radius 2 is 1.70 bits per heavy atom. The van der Waals surface area contributed by atoms with E-state index < -0.39 is 66.2 Å². The number of Topliss-reactive ketones (excluding diaryl/α,β-unsaturated/α-hetero) is 2. The van der Waals surface area contributed by atoms with E-state index in [1.54, 1.807) is 0 Å². The third-order valence-corrected chi connectivity index (χ3v) is 4.33. The molecule has 1 unspecified atom stereocenters. The van der Waals surface area contributed by atoms with Crippen LogP contribution in [0.5, 0.6) is 0 Å². The van der Waals surface area contributed by atoms with Crippen molar-refractivity contribution in [3.8, 4) is 0 Å². The molecule has 0 radical (unpaired) electrons. The molecule has 13 heteroatoms. The molecule has 1 rings (SSSR count). The van der Waals surface area contributed by atoms with Gasteiger partial charge in [-0.3, -0.25) is 24.1 Å². The number of ketones is 2. The van der Waals surface area contributed by atoms with Crippen LogP contribution < -0.4 is 0 Å². The molecule has 2 amide bonds. The zero-order valence-corrected chi connectivity index (χ0v) is 14.8. The van der Waals surface area contributed by atoms with Gasteiger partial charge in [0, 0.05) is 18.8 Å². The van der Waals surface area contributed by atoms with E-state index >= 15 is 0 Å². The largest absolute Gasteiger partial charge is 0.394 e. The lowest BCUT2D eigenvalue weighted by molar-refractivity contribution is -0.334. The SMILES string of the molecule is CC(=O)N(C(C)=O)[C@@]1(C(C)=O)[C@@H](O)[C@H](O)[C@@H](CO)OC1(O)C(=O)CN=[N+]=[N-]. The average molecular weight is 388 g/mol. The molecule has 1 saturated heterocycles. The number of azide groups is 1. The van der Waals surface area contributed by atoms with Crippen molar-refractivity contribution in [3.05, 3.63) is 10.4 Å². The Hall–Kier alpha value is -2.41. The van der Waals surface area contributed by atoms with Crippen LogP contribution in [0.25, 0.3) is 10.4 Å². The summed E-state index contributed by atoms with van der Waals surface area (Å²) in [6.07, 6.45) is -6.23. The lowest BCUT2D eigenvalue weighted by Crippen LogP contribution is -2.84. The van der Waals surface area contributed by atoms with Gasteiger partial charge in [0.05, 0.1) is 13.2 Å². The Balaban J connectivity index is 3.90. The number of carbonyl (C=O) groups excluding carboxylic acids is 4. The quantitative estimate of drug-likeness (QED) is 0.213. The van der Waals surface area contributed by atoms with Gasteiger partial charge in [-0.25, -0.2) is 0 Å². The van der Waals surface area contributed by atoms with Crippen molar-refractivity contribution in [2.75, 3.05) is 13.2 Å². The molecule has 0 saturated carbocycles. The molecular weight excluding hydrogens is 368 g/mol. The minimum Gasteiger partial charge on any atom is -0.394 e. The van der Waals surface area contributed by atoms with Gasteiger partial charge in [0.25, 0.3) is 5.79 Å². The van der Waals surface area contributed by atoms with Crippen LogP contribution in [0.3, 0.4) is 0 Å². The van der Waals surface area contributed by atoms with Crippen LogP contribution in [-0.2, 0) is 23.9 Å². The van der Waals surface area contributed by atoms with E-state index in [1.165, 1.54) is 0 Å². The first-order valence-electron chi connectivity index (χ1n) is 7.67. The number of ether oxygens (including phenoxy) is 1. The van der Waals surface area contributed by atoms with Crippen molar-refractivity contribution in [3.63, 3.8) is 0 Å². The normalized spacial score (nSPS) is 32.9. The second-order valence-electron chi connectivity index (χ2n) is 5.93. The third kappa shape index (κ3) is 3.32. The molecular formula is C14H20N4O9. The predicted molar refractivity (Wildman–Crippen MR) is 84.6 cm³/mol. The van der Waals surface area contributed by atoms with Gasteiger partial charge in [-0.15, -0.1) is 0 Å². The maximum Gasteiger partial charge on any atom is 0.261 e. The molecule has 0 spiro atoms. The number of hydrogen-bond donors (Lipinski definition) is 4. The molecule has 27 heavy (non-hydrogen) atoms. The molecule has 150 valence electrons. The molecule has 0 bridgehead atoms. The zero-order chi connectivity index (χ0) is 21.2. The number of amides is 2. The number of carbonyl (C=O) groups is 4. The fourth-order valence-corrected chi connectivity index (χ4v) is 3.26. The van der Waals surface area contributed by atoms with Crippen molar-refractivity contribution in [2.45, 2.75) is 50.4 Å². The predicted octanol–water partition coefficient (Wildman–Crippen LogP) is -2.61. The minimum absolute atomic E-state index is 0.102. The summed E-state index contributed by atoms with van der Waals surface area (Å²) in [6, 6.07) is 0. The van der Waals surface area contributed by atoms with Gasteiger partial charge in [0.15, 0.2) is 11.3 Å². The maximum atomic E-state index is 12.5. The minimum atomic E-state index is -3.41. The Labute approximate surface area is 152 Å². The summed E-state index contributed by atoms with van der Waals surface area (Å²) in [5.41, 5.74) is 5.30. The number of nitrogens with zero attached hydrogens (tertiary/aromatic N) is 4. The topological polar surface area (TPSA) is 210 Å². The van der Waals surface area contributed by atoms with E-state index in [0.29, 0.717) is 0 Å². The summed E-state index contributed by atoms with van der Waals surface area (Å²) >= 11 is 0. The highest BCUT2D eigenvalue weighted by Crippen LogP contribution is 2.43. The smallest absolute Gasteiger partial charge is 0.261 e. The van der Waals surface area contributed by atoms with Crippen molar-refractivity contribution in [1.29, 1.82) is 0 Å². The molecule has 0 aromatic carbocycles. The Kier molecular flexibility index (Phi) is 6.78. The van der Waals surface area contributed by atoms with Crippen LogP contribution in [0.4, 0.5) is 0 Å². The molecule has 4 N–H and O–H groups in total. The highest BCUT2D eigenvalue weighted by atomic mass is 16.7. The monoisotopic (exact) mass is 388 g/mol. The van der Waals surface area contributed by atoms with Crippen LogP contribution in [0.1, 0.15) is 20.8 Å². The van der Waals surface area contributed by atoms with Gasteiger partial charge in [0.1, 0.15) is 18.3 Å². The number of aliphatic hydroxyl groups is 4. The Morgan fingerprint density at radius 1 is 1.19 bits per heavy atom. The molecule has 1 aliphatic rings. The van der Waals surface area contributed by atoms with Gasteiger partial charge in [-0.2, -0.15) is 0 Å². The first kappa shape index (κ1) is 22.6. The first-order chi connectivity index (χ1) is 12.4. The Bertz CT molecular complexity index is 693. The lowest BCUT2D eigenvalue weighted by atomic mass is 9.70. The van der Waals surface area contributed by atoms with Crippen LogP contribution in [0.15, 0.2) is 5.11 Å². The molecule has 1 heterocycles. The summed E-state index contributed by atoms with van der Waals surface area (Å²) < 4.78 is 5.02. The van der Waals surface area contributed by atoms with Gasteiger partial charge in [0.2, 0.25) is 17.6 Å². The van der Waals surface area contributed by atoms with Gasteiger partial charge < -0.3 is 25.2 Å². The summed E-state index contributed by atoms with van der Waals surface area (Å²) in [4.78, 5) is 51.7. The summed E-state index contributed by atoms with van der Waals surface area (Å²) in [5.74, 6) is -8.45. The second kappa shape index (κ2) is 8.08. The summed E-state index contributed by atoms with van der Waals surface area (Å²) in [5, 5.41) is 44.0. The van der Waals surface area contributed by atoms with E-state index in [1.807, 2.05) is 0 Å². The van der Waals surface area contributed by atoms with Crippen LogP contribution >= 0.6 is 0 Å². The summed E-state index contributed by atoms with van der Waals surface area (Å²) in [6.45, 7) is 0.322. The van der Waals surface area contributed by atoms with E-state index in [0.717, 1.165) is 20.8 Å². The van der Waals surface area contributed by atoms with Crippen LogP contribution in [-0.4, -0.2) is 91.5 Å². The van der Waals surface area contributed by atoms with Crippen LogP contribution in [0, 0.1) is 0 Å². The third-order valence-electron chi connectivity index (χ3n) is 4.33. The zero-order valence-electron chi connectivity index (χ0n) is 14.8. The summed E-state index contributed by atoms with van der Waals surface area (Å²) in [7, 11) is 0. The van der Waals surface area contributed by atoms with Crippen molar-refractivity contribution in [1.82, 2.24) is 4.90 Å². The van der Waals surface area contributed by atoms with E-state index in [4.69, 9.17) is 10.3 Å². The molecule has 13 nitrogen and oxygen atoms in total. The van der Waals surface area contributed by atoms with Crippen molar-refractivity contribution < 1.29 is 44.3 Å². The van der Waals surface area contributed by atoms with E-state index in [-0.39, 0.29) is 4.90 Å². The molecule has 0 aromatic rings. The van der Waals surface area contributed by atoms with E-state index in [2.05, 4.69) is 10.0 Å². The highest BCUT2D eigenvalue weighted by Gasteiger charge is 2.73. The lowest BCUT2D eigenvalue weighted by Gasteiger charge is -2.56. The highest BCUT2D eigenvalue weighted by molar-refractivity contribution is 6.07. The average Bonchev–Trinajstić information content (AvgIpc) is 2.58. The molecule has 5 atom stereocenters. The Morgan fingerprint density at radius 3 is 2.07 bits per heavy atom. The van der Waals surface area contributed by atoms with Crippen molar-refractivity contribution >= 4 is 23.4 Å². The fourth-order valence-electron chi connectivity index (χ4n) is 3.26. The van der Waals surface area contributed by atoms with Gasteiger partial charge in [-0.1, -0.05) is 5.11 Å². The van der Waals surface area contributed by atoms with Crippen molar-refractivity contribution in [2.24, 2.45) is 5.11 Å². The fraction of sp³-hybridized carbons (Fsp3) is 0.714. The molecule has 0 aromatic heterocycles. The molecule has 1 fully saturated rings. The standard InChI is InChI=1S/C14H20N4O9/c1-6(20)13(18(7(2)21)8(3)22)12(25)11(24)9(5-19)27-14(13,26)10(23)4-16-17-15/h9,11-12,19,24-26H,4-5H2,1-3H3/t9-,11-,12+,13+,14?/m1/s1. The number of aliphatic hydroxyl groups excluding tert-OH is 3. The second-order valence-corrected chi connectivity index (χ2v) is 5.93. The molecule has 1 aliphatic heterocycles. The van der Waals surface area contributed by atoms with Gasteiger partial charge >= 0.3 is 0 Å². The number of hydrogen-bond acceptors (Lipinski definition) is 10.